The molecule has 144 valence electrons. The molecule has 0 fully saturated rings. The van der Waals surface area contributed by atoms with Crippen molar-refractivity contribution in [2.75, 3.05) is 17.7 Å². The average molecular weight is 404 g/mol. The summed E-state index contributed by atoms with van der Waals surface area (Å²) in [5.41, 5.74) is 2.24. The summed E-state index contributed by atoms with van der Waals surface area (Å²) in [6.45, 7) is 4.22. The predicted molar refractivity (Wildman–Crippen MR) is 112 cm³/mol. The van der Waals surface area contributed by atoms with Gasteiger partial charge in [-0.05, 0) is 62.1 Å². The third-order valence-electron chi connectivity index (χ3n) is 4.54. The van der Waals surface area contributed by atoms with Gasteiger partial charge in [-0.25, -0.2) is 4.79 Å². The van der Waals surface area contributed by atoms with Crippen LogP contribution < -0.4 is 5.32 Å². The van der Waals surface area contributed by atoms with Gasteiger partial charge >= 0.3 is 5.97 Å². The van der Waals surface area contributed by atoms with Crippen LogP contribution in [0.3, 0.4) is 0 Å². The first-order valence-electron chi connectivity index (χ1n) is 9.49. The number of rotatable bonds is 6. The summed E-state index contributed by atoms with van der Waals surface area (Å²) in [4.78, 5) is 27.7. The van der Waals surface area contributed by atoms with Crippen LogP contribution >= 0.6 is 23.1 Å². The van der Waals surface area contributed by atoms with Crippen molar-refractivity contribution in [1.29, 1.82) is 0 Å². The molecule has 3 rings (SSSR count). The molecule has 0 saturated carbocycles. The Morgan fingerprint density at radius 3 is 2.78 bits per heavy atom. The van der Waals surface area contributed by atoms with Gasteiger partial charge in [0.05, 0.1) is 12.2 Å². The Kier molecular flexibility index (Phi) is 6.96. The fourth-order valence-electron chi connectivity index (χ4n) is 3.32. The van der Waals surface area contributed by atoms with Crippen molar-refractivity contribution in [3.63, 3.8) is 0 Å². The number of nitrogens with one attached hydrogen (secondary N) is 1. The van der Waals surface area contributed by atoms with E-state index in [1.54, 1.807) is 24.8 Å². The topological polar surface area (TPSA) is 55.4 Å². The van der Waals surface area contributed by atoms with Gasteiger partial charge in [-0.1, -0.05) is 19.4 Å². The Balaban J connectivity index is 1.90. The fourth-order valence-corrected chi connectivity index (χ4v) is 5.31. The van der Waals surface area contributed by atoms with E-state index in [0.717, 1.165) is 41.9 Å². The number of hydrogen-bond acceptors (Lipinski definition) is 5. The Labute approximate surface area is 168 Å². The lowest BCUT2D eigenvalue weighted by Gasteiger charge is -2.09. The number of esters is 1. The van der Waals surface area contributed by atoms with E-state index in [1.165, 1.54) is 22.6 Å². The highest BCUT2D eigenvalue weighted by molar-refractivity contribution is 7.99. The first kappa shape index (κ1) is 20.0. The molecule has 0 saturated heterocycles. The van der Waals surface area contributed by atoms with E-state index in [9.17, 15) is 9.59 Å². The highest BCUT2D eigenvalue weighted by Gasteiger charge is 2.26. The summed E-state index contributed by atoms with van der Waals surface area (Å²) >= 11 is 3.23. The molecule has 1 aromatic heterocycles. The first-order chi connectivity index (χ1) is 13.1. The SMILES string of the molecule is CCOC(=O)c1c(NC(=O)c2cccc(SCC)c2)sc2c1CCCCC2. The summed E-state index contributed by atoms with van der Waals surface area (Å²) in [7, 11) is 0. The number of ether oxygens (including phenoxy) is 1. The van der Waals surface area contributed by atoms with Gasteiger partial charge in [-0.15, -0.1) is 23.1 Å². The van der Waals surface area contributed by atoms with Gasteiger partial charge in [-0.3, -0.25) is 4.79 Å². The number of benzene rings is 1. The van der Waals surface area contributed by atoms with Crippen LogP contribution in [0.5, 0.6) is 0 Å². The summed E-state index contributed by atoms with van der Waals surface area (Å²) in [5.74, 6) is 0.438. The fraction of sp³-hybridized carbons (Fsp3) is 0.429. The van der Waals surface area contributed by atoms with Gasteiger partial charge in [0.15, 0.2) is 0 Å². The predicted octanol–water partition coefficient (Wildman–Crippen LogP) is 5.56. The van der Waals surface area contributed by atoms with Crippen molar-refractivity contribution in [3.8, 4) is 0 Å². The minimum Gasteiger partial charge on any atom is -0.462 e. The molecule has 6 heteroatoms. The summed E-state index contributed by atoms with van der Waals surface area (Å²) in [6.07, 6.45) is 5.20. The number of amides is 1. The maximum atomic E-state index is 12.8. The Hall–Kier alpha value is -1.79. The van der Waals surface area contributed by atoms with E-state index in [2.05, 4.69) is 12.2 Å². The molecule has 1 aliphatic carbocycles. The van der Waals surface area contributed by atoms with Crippen LogP contribution in [0.1, 0.15) is 64.3 Å². The van der Waals surface area contributed by atoms with Crippen molar-refractivity contribution < 1.29 is 14.3 Å². The highest BCUT2D eigenvalue weighted by Crippen LogP contribution is 2.38. The number of thioether (sulfide) groups is 1. The van der Waals surface area contributed by atoms with Gasteiger partial charge in [0.2, 0.25) is 0 Å². The van der Waals surface area contributed by atoms with E-state index in [4.69, 9.17) is 4.74 Å². The molecule has 0 atom stereocenters. The number of anilines is 1. The molecule has 27 heavy (non-hydrogen) atoms. The van der Waals surface area contributed by atoms with Crippen molar-refractivity contribution >= 4 is 40.0 Å². The molecular weight excluding hydrogens is 378 g/mol. The maximum absolute atomic E-state index is 12.8. The van der Waals surface area contributed by atoms with Crippen molar-refractivity contribution in [2.45, 2.75) is 50.8 Å². The zero-order valence-corrected chi connectivity index (χ0v) is 17.4. The lowest BCUT2D eigenvalue weighted by atomic mass is 10.1. The monoisotopic (exact) mass is 403 g/mol. The third kappa shape index (κ3) is 4.74. The molecule has 0 radical (unpaired) electrons. The minimum atomic E-state index is -0.331. The number of carbonyl (C=O) groups is 2. The second-order valence-electron chi connectivity index (χ2n) is 6.40. The average Bonchev–Trinajstić information content (AvgIpc) is 2.83. The molecule has 1 N–H and O–H groups in total. The van der Waals surface area contributed by atoms with Crippen molar-refractivity contribution in [2.24, 2.45) is 0 Å². The van der Waals surface area contributed by atoms with E-state index in [0.29, 0.717) is 22.7 Å². The van der Waals surface area contributed by atoms with E-state index >= 15 is 0 Å². The normalized spacial score (nSPS) is 13.6. The largest absolute Gasteiger partial charge is 0.462 e. The van der Waals surface area contributed by atoms with Crippen LogP contribution in [0.2, 0.25) is 0 Å². The number of thiophene rings is 1. The summed E-state index contributed by atoms with van der Waals surface area (Å²) < 4.78 is 5.29. The van der Waals surface area contributed by atoms with Crippen LogP contribution in [0.15, 0.2) is 29.2 Å². The van der Waals surface area contributed by atoms with Gasteiger partial charge in [0.1, 0.15) is 5.00 Å². The van der Waals surface area contributed by atoms with Gasteiger partial charge < -0.3 is 10.1 Å². The molecule has 0 bridgehead atoms. The number of aryl methyl sites for hydroxylation is 1. The zero-order valence-electron chi connectivity index (χ0n) is 15.8. The second-order valence-corrected chi connectivity index (χ2v) is 8.85. The molecule has 2 aromatic rings. The lowest BCUT2D eigenvalue weighted by molar-refractivity contribution is 0.0527. The number of hydrogen-bond donors (Lipinski definition) is 1. The molecule has 1 aliphatic rings. The smallest absolute Gasteiger partial charge is 0.341 e. The number of carbonyl (C=O) groups excluding carboxylic acids is 2. The molecule has 0 spiro atoms. The van der Waals surface area contributed by atoms with Crippen molar-refractivity contribution in [3.05, 3.63) is 45.8 Å². The lowest BCUT2D eigenvalue weighted by Crippen LogP contribution is -2.15. The molecule has 0 aliphatic heterocycles. The van der Waals surface area contributed by atoms with Gasteiger partial charge in [0, 0.05) is 15.3 Å². The van der Waals surface area contributed by atoms with Crippen LogP contribution in [0, 0.1) is 0 Å². The van der Waals surface area contributed by atoms with E-state index < -0.39 is 0 Å². The Morgan fingerprint density at radius 2 is 2.00 bits per heavy atom. The van der Waals surface area contributed by atoms with E-state index in [1.807, 2.05) is 18.2 Å². The molecule has 1 aromatic carbocycles. The molecule has 0 unspecified atom stereocenters. The molecule has 1 amide bonds. The Morgan fingerprint density at radius 1 is 1.19 bits per heavy atom. The number of fused-ring (bicyclic) bond motifs is 1. The maximum Gasteiger partial charge on any atom is 0.341 e. The van der Waals surface area contributed by atoms with Crippen LogP contribution in [-0.2, 0) is 17.6 Å². The second kappa shape index (κ2) is 9.42. The van der Waals surface area contributed by atoms with Gasteiger partial charge in [0.25, 0.3) is 5.91 Å². The molecule has 1 heterocycles. The van der Waals surface area contributed by atoms with Gasteiger partial charge in [-0.2, -0.15) is 0 Å². The Bertz CT molecular complexity index is 829. The third-order valence-corrected chi connectivity index (χ3v) is 6.62. The molecule has 4 nitrogen and oxygen atoms in total. The van der Waals surface area contributed by atoms with Crippen LogP contribution in [-0.4, -0.2) is 24.2 Å². The standard InChI is InChI=1S/C21H25NO3S2/c1-3-25-21(24)18-16-11-6-5-7-12-17(16)27-20(18)22-19(23)14-9-8-10-15(13-14)26-4-2/h8-10,13H,3-7,11-12H2,1-2H3,(H,22,23). The quantitative estimate of drug-likeness (QED) is 0.390. The van der Waals surface area contributed by atoms with Crippen LogP contribution in [0.4, 0.5) is 5.00 Å². The summed E-state index contributed by atoms with van der Waals surface area (Å²) in [5, 5.41) is 3.61. The summed E-state index contributed by atoms with van der Waals surface area (Å²) in [6, 6.07) is 7.59. The highest BCUT2D eigenvalue weighted by atomic mass is 32.2. The molecular formula is C21H25NO3S2. The van der Waals surface area contributed by atoms with Crippen molar-refractivity contribution in [1.82, 2.24) is 0 Å². The van der Waals surface area contributed by atoms with E-state index in [-0.39, 0.29) is 11.9 Å². The first-order valence-corrected chi connectivity index (χ1v) is 11.3. The minimum absolute atomic E-state index is 0.185. The van der Waals surface area contributed by atoms with Crippen LogP contribution in [0.25, 0.3) is 0 Å². The zero-order chi connectivity index (χ0) is 19.2.